The Morgan fingerprint density at radius 1 is 0.548 bits per heavy atom. The van der Waals surface area contributed by atoms with E-state index in [4.69, 9.17) is 0 Å². The molecule has 5 rings (SSSR count). The predicted molar refractivity (Wildman–Crippen MR) is 177 cm³/mol. The normalized spacial score (nSPS) is 10.9. The molecule has 5 aromatic rings. The molecule has 1 N–H and O–H groups in total. The molecule has 0 bridgehead atoms. The third-order valence-corrected chi connectivity index (χ3v) is 7.65. The molecule has 0 saturated heterocycles. The molecule has 0 aliphatic heterocycles. The standard InChI is InChI=1S/C37H37N3O2/c1-7-38-29-18-12-26(13-19-29)33(28-16-22-31(23-17-28)40(5)6)35-36(41)34(37(35)42)32(25-10-8-24(2)9-11-25)27-14-20-30(21-15-27)39(3)4/h8-23,38H,7H2,1-6H3. The molecule has 0 atom stereocenters. The maximum absolute atomic E-state index is 14.2. The van der Waals surface area contributed by atoms with E-state index >= 15 is 0 Å². The van der Waals surface area contributed by atoms with Gasteiger partial charge in [0.2, 0.25) is 10.9 Å². The first-order valence-electron chi connectivity index (χ1n) is 14.2. The molecule has 0 spiro atoms. The van der Waals surface area contributed by atoms with E-state index in [2.05, 4.69) is 5.32 Å². The number of nitrogens with zero attached hydrogens (tertiary/aromatic N) is 2. The van der Waals surface area contributed by atoms with Crippen molar-refractivity contribution in [2.24, 2.45) is 0 Å². The van der Waals surface area contributed by atoms with E-state index in [-0.39, 0.29) is 21.3 Å². The van der Waals surface area contributed by atoms with E-state index in [0.717, 1.165) is 51.4 Å². The molecule has 0 saturated carbocycles. The first-order chi connectivity index (χ1) is 20.2. The summed E-state index contributed by atoms with van der Waals surface area (Å²) in [5.41, 5.74) is 8.42. The van der Waals surface area contributed by atoms with E-state index in [1.54, 1.807) is 0 Å². The fourth-order valence-electron chi connectivity index (χ4n) is 5.29. The van der Waals surface area contributed by atoms with Crippen LogP contribution >= 0.6 is 0 Å². The monoisotopic (exact) mass is 555 g/mol. The molecule has 5 nitrogen and oxygen atoms in total. The Balaban J connectivity index is 1.83. The van der Waals surface area contributed by atoms with Crippen molar-refractivity contribution in [1.82, 2.24) is 0 Å². The lowest BCUT2D eigenvalue weighted by molar-refractivity contribution is 1.13. The van der Waals surface area contributed by atoms with E-state index in [1.165, 1.54) is 0 Å². The summed E-state index contributed by atoms with van der Waals surface area (Å²) in [5.74, 6) is 0. The second-order valence-electron chi connectivity index (χ2n) is 11.0. The number of rotatable bonds is 8. The first-order valence-corrected chi connectivity index (χ1v) is 14.2. The van der Waals surface area contributed by atoms with E-state index < -0.39 is 0 Å². The average Bonchev–Trinajstić information content (AvgIpc) is 3.00. The van der Waals surface area contributed by atoms with E-state index in [1.807, 2.05) is 149 Å². The lowest BCUT2D eigenvalue weighted by Crippen LogP contribution is -2.66. The minimum atomic E-state index is -0.227. The second-order valence-corrected chi connectivity index (χ2v) is 11.0. The highest BCUT2D eigenvalue weighted by Crippen LogP contribution is 2.25. The molecule has 0 fully saturated rings. The molecular weight excluding hydrogens is 518 g/mol. The van der Waals surface area contributed by atoms with Crippen LogP contribution in [0.25, 0.3) is 11.1 Å². The third-order valence-electron chi connectivity index (χ3n) is 7.65. The number of anilines is 3. The maximum Gasteiger partial charge on any atom is 0.202 e. The Hall–Kier alpha value is -4.90. The number of aryl methyl sites for hydroxylation is 1. The van der Waals surface area contributed by atoms with Crippen molar-refractivity contribution in [1.29, 1.82) is 0 Å². The largest absolute Gasteiger partial charge is 0.385 e. The van der Waals surface area contributed by atoms with Gasteiger partial charge in [0.1, 0.15) is 0 Å². The van der Waals surface area contributed by atoms with Crippen LogP contribution in [0.3, 0.4) is 0 Å². The lowest BCUT2D eigenvalue weighted by atomic mass is 9.89. The van der Waals surface area contributed by atoms with Crippen LogP contribution in [0.1, 0.15) is 34.7 Å². The molecule has 5 heteroatoms. The number of hydrogen-bond acceptors (Lipinski definition) is 5. The van der Waals surface area contributed by atoms with Gasteiger partial charge < -0.3 is 15.1 Å². The summed E-state index contributed by atoms with van der Waals surface area (Å²) in [7, 11) is 7.95. The van der Waals surface area contributed by atoms with Crippen molar-refractivity contribution >= 4 is 28.2 Å². The van der Waals surface area contributed by atoms with Gasteiger partial charge in [0.05, 0.1) is 10.4 Å². The van der Waals surface area contributed by atoms with Gasteiger partial charge in [-0.15, -0.1) is 0 Å². The quantitative estimate of drug-likeness (QED) is 0.302. The lowest BCUT2D eigenvalue weighted by Gasteiger charge is -2.16. The fourth-order valence-corrected chi connectivity index (χ4v) is 5.29. The molecule has 0 heterocycles. The number of nitrogens with one attached hydrogen (secondary N) is 1. The topological polar surface area (TPSA) is 52.7 Å². The Bertz CT molecular complexity index is 1860. The maximum atomic E-state index is 14.2. The van der Waals surface area contributed by atoms with Crippen molar-refractivity contribution < 1.29 is 0 Å². The molecular formula is C37H37N3O2. The van der Waals surface area contributed by atoms with Gasteiger partial charge in [-0.3, -0.25) is 9.59 Å². The summed E-state index contributed by atoms with van der Waals surface area (Å²) in [4.78, 5) is 32.4. The number of hydrogen-bond donors (Lipinski definition) is 1. The average molecular weight is 556 g/mol. The number of benzene rings is 4. The van der Waals surface area contributed by atoms with Crippen LogP contribution in [0, 0.1) is 6.92 Å². The Morgan fingerprint density at radius 2 is 0.881 bits per heavy atom. The highest BCUT2D eigenvalue weighted by molar-refractivity contribution is 5.84. The van der Waals surface area contributed by atoms with Gasteiger partial charge in [0, 0.05) is 62.9 Å². The van der Waals surface area contributed by atoms with Crippen molar-refractivity contribution in [3.8, 4) is 0 Å². The van der Waals surface area contributed by atoms with Crippen LogP contribution in [-0.4, -0.2) is 34.7 Å². The predicted octanol–water partition coefficient (Wildman–Crippen LogP) is 4.65. The molecule has 5 aromatic carbocycles. The Morgan fingerprint density at radius 3 is 1.21 bits per heavy atom. The van der Waals surface area contributed by atoms with Crippen molar-refractivity contribution in [3.63, 3.8) is 0 Å². The van der Waals surface area contributed by atoms with Crippen molar-refractivity contribution in [2.75, 3.05) is 49.9 Å². The van der Waals surface area contributed by atoms with Gasteiger partial charge in [0.15, 0.2) is 0 Å². The van der Waals surface area contributed by atoms with Crippen molar-refractivity contribution in [3.05, 3.63) is 156 Å². The van der Waals surface area contributed by atoms with Crippen LogP contribution in [0.15, 0.2) is 107 Å². The van der Waals surface area contributed by atoms with Gasteiger partial charge in [-0.25, -0.2) is 0 Å². The summed E-state index contributed by atoms with van der Waals surface area (Å²) >= 11 is 0. The molecule has 0 aliphatic carbocycles. The summed E-state index contributed by atoms with van der Waals surface area (Å²) in [6.45, 7) is 4.88. The van der Waals surface area contributed by atoms with Gasteiger partial charge in [-0.2, -0.15) is 0 Å². The van der Waals surface area contributed by atoms with Crippen LogP contribution < -0.4 is 36.4 Å². The van der Waals surface area contributed by atoms with Crippen LogP contribution in [0.4, 0.5) is 17.1 Å². The fraction of sp³-hybridized carbons (Fsp3) is 0.189. The zero-order chi connectivity index (χ0) is 30.0. The summed E-state index contributed by atoms with van der Waals surface area (Å²) in [6, 6.07) is 31.9. The SMILES string of the molecule is CCNc1ccc(C(c2ccc(N(C)C)cc2)=c2c(=O)c(=C(c3ccc(C)cc3)c3ccc(N(C)C)cc3)c2=O)cc1. The summed E-state index contributed by atoms with van der Waals surface area (Å²) in [5, 5.41) is 3.78. The van der Waals surface area contributed by atoms with Gasteiger partial charge in [0.25, 0.3) is 0 Å². The molecule has 0 aromatic heterocycles. The third kappa shape index (κ3) is 5.51. The minimum Gasteiger partial charge on any atom is -0.385 e. The zero-order valence-corrected chi connectivity index (χ0v) is 25.2. The smallest absolute Gasteiger partial charge is 0.202 e. The second kappa shape index (κ2) is 11.9. The summed E-state index contributed by atoms with van der Waals surface area (Å²) in [6.07, 6.45) is 0. The van der Waals surface area contributed by atoms with Gasteiger partial charge in [-0.1, -0.05) is 66.2 Å². The first kappa shape index (κ1) is 28.6. The molecule has 0 radical (unpaired) electrons. The van der Waals surface area contributed by atoms with E-state index in [0.29, 0.717) is 11.1 Å². The highest BCUT2D eigenvalue weighted by Gasteiger charge is 2.21. The van der Waals surface area contributed by atoms with Crippen molar-refractivity contribution in [2.45, 2.75) is 13.8 Å². The molecule has 0 unspecified atom stereocenters. The Kier molecular flexibility index (Phi) is 8.12. The zero-order valence-electron chi connectivity index (χ0n) is 25.2. The molecule has 212 valence electrons. The molecule has 0 aliphatic rings. The highest BCUT2D eigenvalue weighted by atomic mass is 16.1. The molecule has 0 amide bonds. The van der Waals surface area contributed by atoms with Crippen LogP contribution in [0.5, 0.6) is 0 Å². The van der Waals surface area contributed by atoms with E-state index in [9.17, 15) is 9.59 Å². The summed E-state index contributed by atoms with van der Waals surface area (Å²) < 4.78 is 0. The van der Waals surface area contributed by atoms with Gasteiger partial charge >= 0.3 is 0 Å². The van der Waals surface area contributed by atoms with Crippen LogP contribution in [0.2, 0.25) is 0 Å². The van der Waals surface area contributed by atoms with Gasteiger partial charge in [-0.05, 0) is 72.5 Å². The minimum absolute atomic E-state index is 0.227. The molecule has 42 heavy (non-hydrogen) atoms. The van der Waals surface area contributed by atoms with Crippen LogP contribution in [-0.2, 0) is 0 Å². The Labute approximate surface area is 247 Å².